The number of nitrogens with zero attached hydrogens (tertiary/aromatic N) is 2. The van der Waals surface area contributed by atoms with Crippen LogP contribution in [0, 0.1) is 34.5 Å². The van der Waals surface area contributed by atoms with Crippen molar-refractivity contribution in [2.24, 2.45) is 11.8 Å². The maximum Gasteiger partial charge on any atom is 0.309 e. The molecule has 1 aromatic rings. The lowest BCUT2D eigenvalue weighted by Crippen LogP contribution is -2.29. The molecule has 0 spiro atoms. The number of carbonyl (C=O) groups is 1. The molecule has 27 heavy (non-hydrogen) atoms. The molecule has 0 atom stereocenters. The summed E-state index contributed by atoms with van der Waals surface area (Å²) >= 11 is 0. The van der Waals surface area contributed by atoms with Crippen LogP contribution in [0.15, 0.2) is 36.4 Å². The van der Waals surface area contributed by atoms with Crippen LogP contribution in [0.1, 0.15) is 68.4 Å². The van der Waals surface area contributed by atoms with E-state index >= 15 is 0 Å². The molecule has 0 N–H and O–H groups in total. The van der Waals surface area contributed by atoms with E-state index in [-0.39, 0.29) is 18.0 Å². The molecule has 0 aromatic heterocycles. The highest BCUT2D eigenvalue weighted by molar-refractivity contribution is 5.72. The van der Waals surface area contributed by atoms with Gasteiger partial charge in [0.15, 0.2) is 0 Å². The molecular weight excluding hydrogens is 336 g/mol. The molecule has 0 radical (unpaired) electrons. The quantitative estimate of drug-likeness (QED) is 0.557. The van der Waals surface area contributed by atoms with Crippen LogP contribution >= 0.6 is 0 Å². The van der Waals surface area contributed by atoms with Crippen LogP contribution in [0.5, 0.6) is 0 Å². The van der Waals surface area contributed by atoms with Crippen molar-refractivity contribution in [1.29, 1.82) is 10.5 Å². The largest absolute Gasteiger partial charge is 0.462 e. The van der Waals surface area contributed by atoms with Crippen molar-refractivity contribution in [3.8, 4) is 12.1 Å². The fraction of sp³-hybridized carbons (Fsp3) is 0.522. The summed E-state index contributed by atoms with van der Waals surface area (Å²) in [5.41, 5.74) is 1.96. The summed E-state index contributed by atoms with van der Waals surface area (Å²) < 4.78 is 5.79. The number of benzene rings is 1. The molecule has 0 heterocycles. The van der Waals surface area contributed by atoms with Crippen molar-refractivity contribution in [1.82, 2.24) is 0 Å². The first-order valence-corrected chi connectivity index (χ1v) is 9.96. The summed E-state index contributed by atoms with van der Waals surface area (Å²) in [5.74, 6) is 0.923. The molecule has 2 fully saturated rings. The number of hydrogen-bond donors (Lipinski definition) is 0. The van der Waals surface area contributed by atoms with Gasteiger partial charge in [-0.1, -0.05) is 18.2 Å². The Bertz CT molecular complexity index is 738. The first-order valence-electron chi connectivity index (χ1n) is 9.96. The van der Waals surface area contributed by atoms with Crippen LogP contribution in [0.25, 0.3) is 0 Å². The van der Waals surface area contributed by atoms with Gasteiger partial charge in [0.25, 0.3) is 0 Å². The zero-order valence-electron chi connectivity index (χ0n) is 15.6. The minimum Gasteiger partial charge on any atom is -0.462 e. The summed E-state index contributed by atoms with van der Waals surface area (Å²) in [6.07, 6.45) is 11.1. The highest BCUT2D eigenvalue weighted by atomic mass is 16.5. The third-order valence-electron chi connectivity index (χ3n) is 6.02. The minimum atomic E-state index is -0.0238. The number of ether oxygens (including phenoxy) is 1. The predicted octanol–water partition coefficient (Wildman–Crippen LogP) is 5.01. The maximum absolute atomic E-state index is 12.5. The second-order valence-electron chi connectivity index (χ2n) is 7.74. The highest BCUT2D eigenvalue weighted by Crippen LogP contribution is 2.37. The van der Waals surface area contributed by atoms with Crippen LogP contribution in [-0.4, -0.2) is 12.1 Å². The third-order valence-corrected chi connectivity index (χ3v) is 6.02. The summed E-state index contributed by atoms with van der Waals surface area (Å²) in [6.45, 7) is 0. The van der Waals surface area contributed by atoms with Crippen molar-refractivity contribution in [2.75, 3.05) is 0 Å². The van der Waals surface area contributed by atoms with Crippen LogP contribution in [0.3, 0.4) is 0 Å². The lowest BCUT2D eigenvalue weighted by molar-refractivity contribution is -0.157. The van der Waals surface area contributed by atoms with Crippen LogP contribution in [0.2, 0.25) is 0 Å². The van der Waals surface area contributed by atoms with Gasteiger partial charge in [-0.25, -0.2) is 0 Å². The van der Waals surface area contributed by atoms with E-state index in [0.717, 1.165) is 51.4 Å². The molecule has 2 saturated carbocycles. The van der Waals surface area contributed by atoms with Gasteiger partial charge in [0.2, 0.25) is 0 Å². The molecule has 140 valence electrons. The topological polar surface area (TPSA) is 73.9 Å². The molecule has 4 heteroatoms. The van der Waals surface area contributed by atoms with Gasteiger partial charge in [-0.2, -0.15) is 10.5 Å². The average Bonchev–Trinajstić information content (AvgIpc) is 2.73. The molecule has 0 saturated heterocycles. The molecule has 0 bridgehead atoms. The molecule has 3 rings (SSSR count). The van der Waals surface area contributed by atoms with Crippen molar-refractivity contribution < 1.29 is 9.53 Å². The molecule has 2 aliphatic carbocycles. The molecule has 0 unspecified atom stereocenters. The molecule has 4 nitrogen and oxygen atoms in total. The van der Waals surface area contributed by atoms with Crippen molar-refractivity contribution in [2.45, 2.75) is 63.4 Å². The van der Waals surface area contributed by atoms with Gasteiger partial charge in [0, 0.05) is 6.08 Å². The Hall–Kier alpha value is -2.59. The second-order valence-corrected chi connectivity index (χ2v) is 7.74. The molecule has 2 aliphatic rings. The zero-order chi connectivity index (χ0) is 19.1. The van der Waals surface area contributed by atoms with Crippen LogP contribution in [-0.2, 0) is 9.53 Å². The Morgan fingerprint density at radius 3 is 2.22 bits per heavy atom. The fourth-order valence-corrected chi connectivity index (χ4v) is 4.33. The average molecular weight is 362 g/mol. The van der Waals surface area contributed by atoms with Crippen molar-refractivity contribution in [3.05, 3.63) is 47.5 Å². The van der Waals surface area contributed by atoms with Gasteiger partial charge in [-0.15, -0.1) is 0 Å². The first-order chi connectivity index (χ1) is 13.2. The van der Waals surface area contributed by atoms with E-state index in [4.69, 9.17) is 15.3 Å². The third kappa shape index (κ3) is 5.20. The van der Waals surface area contributed by atoms with E-state index < -0.39 is 0 Å². The van der Waals surface area contributed by atoms with Crippen molar-refractivity contribution in [3.63, 3.8) is 0 Å². The first kappa shape index (κ1) is 19.2. The number of nitriles is 2. The summed E-state index contributed by atoms with van der Waals surface area (Å²) in [7, 11) is 0. The van der Waals surface area contributed by atoms with Gasteiger partial charge in [-0.3, -0.25) is 4.79 Å². The van der Waals surface area contributed by atoms with Gasteiger partial charge in [-0.05, 0) is 80.9 Å². The van der Waals surface area contributed by atoms with E-state index in [1.165, 1.54) is 5.56 Å². The highest BCUT2D eigenvalue weighted by Gasteiger charge is 2.30. The number of esters is 1. The van der Waals surface area contributed by atoms with Crippen molar-refractivity contribution >= 4 is 5.97 Å². The summed E-state index contributed by atoms with van der Waals surface area (Å²) in [5, 5.41) is 17.5. The normalized spacial score (nSPS) is 28.2. The lowest BCUT2D eigenvalue weighted by Gasteiger charge is -2.31. The lowest BCUT2D eigenvalue weighted by atomic mass is 9.78. The Morgan fingerprint density at radius 2 is 1.63 bits per heavy atom. The molecular formula is C23H26N2O2. The Balaban J connectivity index is 1.43. The maximum atomic E-state index is 12.5. The summed E-state index contributed by atoms with van der Waals surface area (Å²) in [6, 6.07) is 12.0. The van der Waals surface area contributed by atoms with E-state index in [2.05, 4.69) is 6.07 Å². The zero-order valence-corrected chi connectivity index (χ0v) is 15.6. The molecule has 1 aromatic carbocycles. The standard InChI is InChI=1S/C23H26N2O2/c24-15-1-2-17-5-13-22(14-6-17)27-23(26)21-11-9-20(10-12-21)19-7-3-18(16-25)4-8-19/h1-4,7-8,17,20-22H,5-6,9-14H2. The Kier molecular flexibility index (Phi) is 6.66. The summed E-state index contributed by atoms with van der Waals surface area (Å²) in [4.78, 5) is 12.5. The van der Waals surface area contributed by atoms with E-state index in [0.29, 0.717) is 17.4 Å². The smallest absolute Gasteiger partial charge is 0.309 e. The number of hydrogen-bond acceptors (Lipinski definition) is 4. The SMILES string of the molecule is N#CC=CC1CCC(OC(=O)C2CCC(c3ccc(C#N)cc3)CC2)CC1. The van der Waals surface area contributed by atoms with Gasteiger partial charge < -0.3 is 4.74 Å². The molecule has 0 aliphatic heterocycles. The van der Waals surface area contributed by atoms with Gasteiger partial charge >= 0.3 is 5.97 Å². The number of rotatable bonds is 4. The predicted molar refractivity (Wildman–Crippen MR) is 102 cm³/mol. The second kappa shape index (κ2) is 9.38. The van der Waals surface area contributed by atoms with E-state index in [1.807, 2.05) is 36.4 Å². The Morgan fingerprint density at radius 1 is 0.963 bits per heavy atom. The van der Waals surface area contributed by atoms with Gasteiger partial charge in [0.1, 0.15) is 6.10 Å². The van der Waals surface area contributed by atoms with Crippen LogP contribution in [0.4, 0.5) is 0 Å². The molecule has 0 amide bonds. The minimum absolute atomic E-state index is 0.0238. The van der Waals surface area contributed by atoms with E-state index in [1.54, 1.807) is 6.08 Å². The van der Waals surface area contributed by atoms with Crippen LogP contribution < -0.4 is 0 Å². The number of allylic oxidation sites excluding steroid dienone is 2. The fourth-order valence-electron chi connectivity index (χ4n) is 4.33. The van der Waals surface area contributed by atoms with Gasteiger partial charge in [0.05, 0.1) is 23.6 Å². The monoisotopic (exact) mass is 362 g/mol. The Labute approximate surface area is 161 Å². The number of carbonyl (C=O) groups excluding carboxylic acids is 1. The van der Waals surface area contributed by atoms with E-state index in [9.17, 15) is 4.79 Å².